The van der Waals surface area contributed by atoms with E-state index in [1.165, 1.54) is 6.07 Å². The largest absolute Gasteiger partial charge is 0.486 e. The van der Waals surface area contributed by atoms with Gasteiger partial charge in [-0.05, 0) is 30.5 Å². The monoisotopic (exact) mass is 400 g/mol. The van der Waals surface area contributed by atoms with Gasteiger partial charge in [-0.15, -0.1) is 0 Å². The molecule has 1 saturated carbocycles. The number of halogens is 1. The quantitative estimate of drug-likeness (QED) is 0.781. The van der Waals surface area contributed by atoms with E-state index in [1.807, 2.05) is 30.3 Å². The summed E-state index contributed by atoms with van der Waals surface area (Å²) in [6.45, 7) is 0.813. The van der Waals surface area contributed by atoms with Gasteiger partial charge in [0.15, 0.2) is 11.5 Å². The Morgan fingerprint density at radius 1 is 1.11 bits per heavy atom. The number of amides is 2. The number of rotatable bonds is 6. The highest BCUT2D eigenvalue weighted by Crippen LogP contribution is 2.38. The molecule has 28 heavy (non-hydrogen) atoms. The average Bonchev–Trinajstić information content (AvgIpc) is 3.52. The van der Waals surface area contributed by atoms with E-state index < -0.39 is 6.04 Å². The van der Waals surface area contributed by atoms with Gasteiger partial charge in [-0.3, -0.25) is 9.59 Å². The van der Waals surface area contributed by atoms with Gasteiger partial charge in [0.2, 0.25) is 5.91 Å². The first-order chi connectivity index (χ1) is 13.6. The minimum Gasteiger partial charge on any atom is -0.486 e. The van der Waals surface area contributed by atoms with Crippen LogP contribution >= 0.6 is 11.6 Å². The molecule has 1 aliphatic carbocycles. The first-order valence-electron chi connectivity index (χ1n) is 9.34. The van der Waals surface area contributed by atoms with Crippen molar-refractivity contribution in [1.82, 2.24) is 10.6 Å². The van der Waals surface area contributed by atoms with Crippen molar-refractivity contribution < 1.29 is 19.1 Å². The van der Waals surface area contributed by atoms with Crippen LogP contribution in [0.3, 0.4) is 0 Å². The number of benzene rings is 2. The van der Waals surface area contributed by atoms with Crippen LogP contribution in [0.1, 0.15) is 28.8 Å². The van der Waals surface area contributed by atoms with Crippen molar-refractivity contribution in [1.29, 1.82) is 0 Å². The third-order valence-electron chi connectivity index (χ3n) is 4.69. The molecule has 2 aromatic carbocycles. The standard InChI is InChI=1S/C21H21ClN2O4/c22-16-11-14(12-18-19(16)28-9-8-27-18)20(25)24-17(21(26)23-15-6-7-15)10-13-4-2-1-3-5-13/h1-5,11-12,15,17H,6-10H2,(H,23,26)(H,24,25). The number of carbonyl (C=O) groups is 2. The molecule has 146 valence electrons. The van der Waals surface area contributed by atoms with Gasteiger partial charge in [-0.2, -0.15) is 0 Å². The van der Waals surface area contributed by atoms with Gasteiger partial charge < -0.3 is 20.1 Å². The van der Waals surface area contributed by atoms with Crippen LogP contribution < -0.4 is 20.1 Å². The van der Waals surface area contributed by atoms with Crippen LogP contribution in [0.25, 0.3) is 0 Å². The van der Waals surface area contributed by atoms with Gasteiger partial charge in [-0.1, -0.05) is 41.9 Å². The Bertz CT molecular complexity index is 883. The van der Waals surface area contributed by atoms with E-state index in [-0.39, 0.29) is 17.9 Å². The molecular weight excluding hydrogens is 380 g/mol. The Morgan fingerprint density at radius 2 is 1.86 bits per heavy atom. The highest BCUT2D eigenvalue weighted by atomic mass is 35.5. The smallest absolute Gasteiger partial charge is 0.252 e. The van der Waals surface area contributed by atoms with Gasteiger partial charge in [-0.25, -0.2) is 0 Å². The molecule has 0 bridgehead atoms. The lowest BCUT2D eigenvalue weighted by Crippen LogP contribution is -2.48. The van der Waals surface area contributed by atoms with Gasteiger partial charge in [0.1, 0.15) is 19.3 Å². The zero-order valence-electron chi connectivity index (χ0n) is 15.2. The molecule has 0 aromatic heterocycles. The second-order valence-corrected chi connectivity index (χ2v) is 7.39. The summed E-state index contributed by atoms with van der Waals surface area (Å²) in [5.74, 6) is 0.316. The Morgan fingerprint density at radius 3 is 2.61 bits per heavy atom. The number of hydrogen-bond acceptors (Lipinski definition) is 4. The fourth-order valence-corrected chi connectivity index (χ4v) is 3.34. The second-order valence-electron chi connectivity index (χ2n) is 6.98. The molecule has 2 amide bonds. The molecule has 6 nitrogen and oxygen atoms in total. The highest BCUT2D eigenvalue weighted by molar-refractivity contribution is 6.32. The van der Waals surface area contributed by atoms with Crippen LogP contribution in [0, 0.1) is 0 Å². The van der Waals surface area contributed by atoms with Gasteiger partial charge in [0, 0.05) is 18.0 Å². The Labute approximate surface area is 168 Å². The maximum atomic E-state index is 12.8. The SMILES string of the molecule is O=C(NC(Cc1ccccc1)C(=O)NC1CC1)c1cc(Cl)c2c(c1)OCCO2. The van der Waals surface area contributed by atoms with Gasteiger partial charge >= 0.3 is 0 Å². The van der Waals surface area contributed by atoms with Crippen molar-refractivity contribution in [3.63, 3.8) is 0 Å². The molecule has 2 N–H and O–H groups in total. The van der Waals surface area contributed by atoms with Crippen LogP contribution in [0.15, 0.2) is 42.5 Å². The number of carbonyl (C=O) groups excluding carboxylic acids is 2. The summed E-state index contributed by atoms with van der Waals surface area (Å²) in [5.41, 5.74) is 1.30. The molecule has 0 saturated heterocycles. The topological polar surface area (TPSA) is 76.7 Å². The lowest BCUT2D eigenvalue weighted by atomic mass is 10.0. The predicted molar refractivity (Wildman–Crippen MR) is 105 cm³/mol. The lowest BCUT2D eigenvalue weighted by molar-refractivity contribution is -0.123. The maximum absolute atomic E-state index is 12.8. The molecule has 7 heteroatoms. The Balaban J connectivity index is 1.52. The molecule has 0 spiro atoms. The lowest BCUT2D eigenvalue weighted by Gasteiger charge is -2.21. The zero-order chi connectivity index (χ0) is 19.5. The molecule has 2 aliphatic rings. The van der Waals surface area contributed by atoms with E-state index in [4.69, 9.17) is 21.1 Å². The number of ether oxygens (including phenoxy) is 2. The molecule has 1 fully saturated rings. The third-order valence-corrected chi connectivity index (χ3v) is 4.97. The van der Waals surface area contributed by atoms with Gasteiger partial charge in [0.05, 0.1) is 5.02 Å². The minimum atomic E-state index is -0.678. The highest BCUT2D eigenvalue weighted by Gasteiger charge is 2.29. The number of hydrogen-bond donors (Lipinski definition) is 2. The van der Waals surface area contributed by atoms with Crippen molar-refractivity contribution in [3.8, 4) is 11.5 Å². The van der Waals surface area contributed by atoms with E-state index in [1.54, 1.807) is 6.07 Å². The summed E-state index contributed by atoms with van der Waals surface area (Å²) in [5, 5.41) is 6.12. The Kier molecular flexibility index (Phi) is 5.39. The van der Waals surface area contributed by atoms with E-state index in [2.05, 4.69) is 10.6 Å². The summed E-state index contributed by atoms with van der Waals surface area (Å²) in [6, 6.07) is 12.3. The molecular formula is C21H21ClN2O4. The van der Waals surface area contributed by atoms with Crippen LogP contribution in [-0.4, -0.2) is 37.1 Å². The van der Waals surface area contributed by atoms with E-state index >= 15 is 0 Å². The van der Waals surface area contributed by atoms with Gasteiger partial charge in [0.25, 0.3) is 5.91 Å². The number of fused-ring (bicyclic) bond motifs is 1. The molecule has 1 atom stereocenters. The van der Waals surface area contributed by atoms with Crippen molar-refractivity contribution in [2.24, 2.45) is 0 Å². The maximum Gasteiger partial charge on any atom is 0.252 e. The molecule has 1 aliphatic heterocycles. The average molecular weight is 401 g/mol. The van der Waals surface area contributed by atoms with E-state index in [0.717, 1.165) is 18.4 Å². The third kappa shape index (κ3) is 4.39. The zero-order valence-corrected chi connectivity index (χ0v) is 16.0. The predicted octanol–water partition coefficient (Wildman–Crippen LogP) is 2.73. The molecule has 2 aromatic rings. The van der Waals surface area contributed by atoms with Crippen LogP contribution in [0.5, 0.6) is 11.5 Å². The van der Waals surface area contributed by atoms with E-state index in [9.17, 15) is 9.59 Å². The molecule has 1 heterocycles. The molecule has 4 rings (SSSR count). The van der Waals surface area contributed by atoms with Crippen molar-refractivity contribution in [3.05, 3.63) is 58.6 Å². The summed E-state index contributed by atoms with van der Waals surface area (Å²) < 4.78 is 11.0. The van der Waals surface area contributed by atoms with E-state index in [0.29, 0.717) is 41.7 Å². The van der Waals surface area contributed by atoms with Crippen LogP contribution in [-0.2, 0) is 11.2 Å². The normalized spacial score (nSPS) is 16.2. The summed E-state index contributed by atoms with van der Waals surface area (Å²) in [6.07, 6.45) is 2.37. The first-order valence-corrected chi connectivity index (χ1v) is 9.72. The van der Waals surface area contributed by atoms with Crippen LogP contribution in [0.4, 0.5) is 0 Å². The van der Waals surface area contributed by atoms with Crippen LogP contribution in [0.2, 0.25) is 5.02 Å². The minimum absolute atomic E-state index is 0.177. The summed E-state index contributed by atoms with van der Waals surface area (Å²) >= 11 is 6.23. The fourth-order valence-electron chi connectivity index (χ4n) is 3.07. The summed E-state index contributed by atoms with van der Waals surface area (Å²) in [4.78, 5) is 25.5. The Hall–Kier alpha value is -2.73. The van der Waals surface area contributed by atoms with Crippen molar-refractivity contribution >= 4 is 23.4 Å². The fraction of sp³-hybridized carbons (Fsp3) is 0.333. The summed E-state index contributed by atoms with van der Waals surface area (Å²) in [7, 11) is 0. The number of nitrogens with one attached hydrogen (secondary N) is 2. The first kappa shape index (κ1) is 18.6. The van der Waals surface area contributed by atoms with Crippen molar-refractivity contribution in [2.45, 2.75) is 31.3 Å². The molecule has 1 unspecified atom stereocenters. The van der Waals surface area contributed by atoms with Crippen molar-refractivity contribution in [2.75, 3.05) is 13.2 Å². The second kappa shape index (κ2) is 8.10. The molecule has 0 radical (unpaired) electrons.